The van der Waals surface area contributed by atoms with E-state index in [9.17, 15) is 0 Å². The minimum atomic E-state index is 0. The van der Waals surface area contributed by atoms with Crippen LogP contribution in [0.2, 0.25) is 0 Å². The van der Waals surface area contributed by atoms with Crippen molar-refractivity contribution in [3.05, 3.63) is 60.7 Å². The van der Waals surface area contributed by atoms with Crippen LogP contribution in [0.1, 0.15) is 13.8 Å². The van der Waals surface area contributed by atoms with Crippen molar-refractivity contribution in [2.24, 2.45) is 0 Å². The second-order valence-corrected chi connectivity index (χ2v) is 6.76. The number of anilines is 2. The Balaban J connectivity index is 0.000000443. The first-order valence-corrected chi connectivity index (χ1v) is 9.21. The van der Waals surface area contributed by atoms with Crippen molar-refractivity contribution in [3.63, 3.8) is 0 Å². The van der Waals surface area contributed by atoms with Crippen LogP contribution in [0, 0.1) is 0 Å². The van der Waals surface area contributed by atoms with E-state index in [0.717, 1.165) is 24.5 Å². The summed E-state index contributed by atoms with van der Waals surface area (Å²) >= 11 is 19.8. The Labute approximate surface area is 183 Å². The molecule has 25 heavy (non-hydrogen) atoms. The number of rotatable bonds is 4. The average molecular weight is 448 g/mol. The van der Waals surface area contributed by atoms with Gasteiger partial charge in [0.15, 0.2) is 0 Å². The zero-order chi connectivity index (χ0) is 17.9. The van der Waals surface area contributed by atoms with E-state index in [-0.39, 0.29) is 17.1 Å². The van der Waals surface area contributed by atoms with Crippen molar-refractivity contribution < 1.29 is 17.1 Å². The maximum Gasteiger partial charge on any atom is 2.00 e. The van der Waals surface area contributed by atoms with Gasteiger partial charge in [-0.05, 0) is 38.1 Å². The molecule has 0 aliphatic carbocycles. The van der Waals surface area contributed by atoms with Gasteiger partial charge in [-0.2, -0.15) is 0 Å². The number of thiocarbonyl (C=S) groups is 2. The molecule has 0 saturated carbocycles. The molecule has 0 bridgehead atoms. The molecule has 2 nitrogen and oxygen atoms in total. The fraction of sp³-hybridized carbons (Fsp3) is 0.222. The van der Waals surface area contributed by atoms with Gasteiger partial charge >= 0.3 is 17.1 Å². The molecule has 0 radical (unpaired) electrons. The van der Waals surface area contributed by atoms with Gasteiger partial charge in [-0.15, -0.1) is 0 Å². The molecule has 0 aromatic heterocycles. The summed E-state index contributed by atoms with van der Waals surface area (Å²) in [4.78, 5) is 3.84. The standard InChI is InChI=1S/2C9H11NS2.Fe/c2*1-2-10(9(11)12)8-6-4-3-5-7-8;/h2*3-7H,2H2,1H3,(H,11,12);/q;;+2/p-2. The van der Waals surface area contributed by atoms with E-state index in [4.69, 9.17) is 49.7 Å². The number of hydrogen-bond donors (Lipinski definition) is 0. The topological polar surface area (TPSA) is 6.48 Å². The van der Waals surface area contributed by atoms with Crippen molar-refractivity contribution in [1.29, 1.82) is 0 Å². The first-order valence-electron chi connectivity index (χ1n) is 7.58. The summed E-state index contributed by atoms with van der Waals surface area (Å²) in [6, 6.07) is 19.9. The second-order valence-electron chi connectivity index (χ2n) is 4.69. The van der Waals surface area contributed by atoms with Crippen molar-refractivity contribution in [2.75, 3.05) is 22.9 Å². The minimum Gasteiger partial charge on any atom is -0.411 e. The Morgan fingerprint density at radius 2 is 1.00 bits per heavy atom. The predicted molar refractivity (Wildman–Crippen MR) is 119 cm³/mol. The van der Waals surface area contributed by atoms with Gasteiger partial charge < -0.3 is 59.5 Å². The van der Waals surface area contributed by atoms with Gasteiger partial charge in [-0.1, -0.05) is 45.0 Å². The van der Waals surface area contributed by atoms with E-state index < -0.39 is 0 Å². The van der Waals surface area contributed by atoms with Crippen LogP contribution in [0.25, 0.3) is 0 Å². The maximum absolute atomic E-state index is 4.94. The molecule has 0 unspecified atom stereocenters. The maximum atomic E-state index is 4.94. The summed E-state index contributed by atoms with van der Waals surface area (Å²) < 4.78 is 1.01. The summed E-state index contributed by atoms with van der Waals surface area (Å²) in [5, 5.41) is 0. The third kappa shape index (κ3) is 8.40. The van der Waals surface area contributed by atoms with Crippen molar-refractivity contribution in [2.45, 2.75) is 13.8 Å². The van der Waals surface area contributed by atoms with E-state index in [2.05, 4.69) is 0 Å². The van der Waals surface area contributed by atoms with Crippen LogP contribution < -0.4 is 9.80 Å². The predicted octanol–water partition coefficient (Wildman–Crippen LogP) is 4.69. The Morgan fingerprint density at radius 1 is 0.720 bits per heavy atom. The SMILES string of the molecule is CCN(C(=S)[S-])c1ccccc1.CCN(C(=S)[S-])c1ccccc1.[Fe+2]. The monoisotopic (exact) mass is 448 g/mol. The third-order valence-electron chi connectivity index (χ3n) is 3.21. The summed E-state index contributed by atoms with van der Waals surface area (Å²) in [6.07, 6.45) is 0. The van der Waals surface area contributed by atoms with E-state index in [0.29, 0.717) is 8.64 Å². The Bertz CT molecular complexity index is 581. The molecule has 0 aliphatic heterocycles. The normalized spacial score (nSPS) is 9.04. The first-order chi connectivity index (χ1) is 11.5. The first kappa shape index (κ1) is 24.2. The molecule has 0 fully saturated rings. The largest absolute Gasteiger partial charge is 2.00 e. The summed E-state index contributed by atoms with van der Waals surface area (Å²) in [7, 11) is 0. The van der Waals surface area contributed by atoms with E-state index in [1.165, 1.54) is 0 Å². The molecular weight excluding hydrogens is 428 g/mol. The molecule has 0 heterocycles. The van der Waals surface area contributed by atoms with Crippen molar-refractivity contribution in [3.8, 4) is 0 Å². The fourth-order valence-corrected chi connectivity index (χ4v) is 2.99. The minimum absolute atomic E-state index is 0. The van der Waals surface area contributed by atoms with Gasteiger partial charge in [-0.25, -0.2) is 0 Å². The average Bonchev–Trinajstić information content (AvgIpc) is 2.58. The van der Waals surface area contributed by atoms with Gasteiger partial charge in [0.1, 0.15) is 0 Å². The summed E-state index contributed by atoms with van der Waals surface area (Å²) in [5.74, 6) is 0. The van der Waals surface area contributed by atoms with Gasteiger partial charge in [0.05, 0.1) is 0 Å². The molecule has 0 aliphatic rings. The Morgan fingerprint density at radius 3 is 1.20 bits per heavy atom. The van der Waals surface area contributed by atoms with E-state index in [1.54, 1.807) is 0 Å². The number of nitrogens with zero attached hydrogens (tertiary/aromatic N) is 2. The molecule has 2 aromatic carbocycles. The molecule has 134 valence electrons. The van der Waals surface area contributed by atoms with Crippen molar-refractivity contribution in [1.82, 2.24) is 0 Å². The van der Waals surface area contributed by atoms with Crippen LogP contribution in [0.15, 0.2) is 60.7 Å². The zero-order valence-electron chi connectivity index (χ0n) is 14.1. The smallest absolute Gasteiger partial charge is 0.411 e. The van der Waals surface area contributed by atoms with Crippen LogP contribution in [-0.4, -0.2) is 21.7 Å². The van der Waals surface area contributed by atoms with E-state index in [1.807, 2.05) is 84.3 Å². The molecule has 0 spiro atoms. The van der Waals surface area contributed by atoms with Gasteiger partial charge in [0, 0.05) is 24.5 Å². The molecule has 0 N–H and O–H groups in total. The molecule has 0 amide bonds. The zero-order valence-corrected chi connectivity index (χ0v) is 18.4. The number of para-hydroxylation sites is 2. The fourth-order valence-electron chi connectivity index (χ4n) is 2.05. The second kappa shape index (κ2) is 13.4. The molecule has 0 saturated heterocycles. The molecule has 0 atom stereocenters. The quantitative estimate of drug-likeness (QED) is 0.378. The van der Waals surface area contributed by atoms with Gasteiger partial charge in [0.25, 0.3) is 0 Å². The molecule has 7 heteroatoms. The molecular formula is C18H20FeN2S4. The van der Waals surface area contributed by atoms with E-state index >= 15 is 0 Å². The van der Waals surface area contributed by atoms with Gasteiger partial charge in [0.2, 0.25) is 0 Å². The number of benzene rings is 2. The van der Waals surface area contributed by atoms with Gasteiger partial charge in [-0.3, -0.25) is 0 Å². The van der Waals surface area contributed by atoms with Crippen molar-refractivity contribution >= 4 is 69.7 Å². The third-order valence-corrected chi connectivity index (χ3v) is 4.09. The van der Waals surface area contributed by atoms with Crippen LogP contribution in [0.4, 0.5) is 11.4 Å². The van der Waals surface area contributed by atoms with Crippen LogP contribution in [0.5, 0.6) is 0 Å². The number of hydrogen-bond acceptors (Lipinski definition) is 4. The summed E-state index contributed by atoms with van der Waals surface area (Å²) in [5.41, 5.74) is 2.14. The van der Waals surface area contributed by atoms with Crippen LogP contribution >= 0.6 is 24.4 Å². The van der Waals surface area contributed by atoms with Crippen LogP contribution in [0.3, 0.4) is 0 Å². The molecule has 2 rings (SSSR count). The molecule has 2 aromatic rings. The summed E-state index contributed by atoms with van der Waals surface area (Å²) in [6.45, 7) is 5.72. The Hall–Kier alpha value is -0.821. The van der Waals surface area contributed by atoms with Crippen LogP contribution in [-0.2, 0) is 42.3 Å². The Kier molecular flexibility index (Phi) is 13.0.